The molecule has 1 amide bonds. The van der Waals surface area contributed by atoms with E-state index in [1.54, 1.807) is 12.1 Å². The number of hydrogen-bond donors (Lipinski definition) is 2. The summed E-state index contributed by atoms with van der Waals surface area (Å²) in [6, 6.07) is 11.6. The molecule has 0 atom stereocenters. The van der Waals surface area contributed by atoms with E-state index < -0.39 is 5.91 Å². The van der Waals surface area contributed by atoms with Crippen LogP contribution in [0.5, 0.6) is 5.75 Å². The van der Waals surface area contributed by atoms with Gasteiger partial charge in [0.05, 0.1) is 9.50 Å². The summed E-state index contributed by atoms with van der Waals surface area (Å²) in [7, 11) is 0. The maximum atomic E-state index is 11.1. The summed E-state index contributed by atoms with van der Waals surface area (Å²) in [5.74, 6) is 5.19. The summed E-state index contributed by atoms with van der Waals surface area (Å²) in [5.41, 5.74) is 5.04. The van der Waals surface area contributed by atoms with Crippen LogP contribution in [0.4, 0.5) is 0 Å². The fourth-order valence-corrected chi connectivity index (χ4v) is 2.86. The Morgan fingerprint density at radius 2 is 2.04 bits per heavy atom. The van der Waals surface area contributed by atoms with Gasteiger partial charge in [-0.05, 0) is 52.2 Å². The van der Waals surface area contributed by atoms with E-state index >= 15 is 0 Å². The molecule has 0 aromatic heterocycles. The fraction of sp³-hybridized carbons (Fsp3) is 0.118. The second kappa shape index (κ2) is 8.15. The van der Waals surface area contributed by atoms with E-state index in [0.29, 0.717) is 21.9 Å². The van der Waals surface area contributed by atoms with Crippen LogP contribution in [0.1, 0.15) is 16.7 Å². The average molecular weight is 396 g/mol. The summed E-state index contributed by atoms with van der Waals surface area (Å²) in [5, 5.41) is 0.458. The molecule has 6 heteroatoms. The smallest absolute Gasteiger partial charge is 0.257 e. The number of benzene rings is 2. The van der Waals surface area contributed by atoms with Crippen molar-refractivity contribution in [1.29, 1.82) is 0 Å². The van der Waals surface area contributed by atoms with Gasteiger partial charge in [0.25, 0.3) is 5.91 Å². The van der Waals surface area contributed by atoms with E-state index in [4.69, 9.17) is 22.2 Å². The van der Waals surface area contributed by atoms with Gasteiger partial charge in [-0.3, -0.25) is 10.2 Å². The predicted octanol–water partition coefficient (Wildman–Crippen LogP) is 3.99. The molecule has 0 radical (unpaired) electrons. The maximum absolute atomic E-state index is 11.1. The topological polar surface area (TPSA) is 64.3 Å². The van der Waals surface area contributed by atoms with Crippen molar-refractivity contribution in [3.63, 3.8) is 0 Å². The number of rotatable bonds is 5. The van der Waals surface area contributed by atoms with E-state index in [1.807, 2.05) is 42.7 Å². The van der Waals surface area contributed by atoms with E-state index in [-0.39, 0.29) is 0 Å². The van der Waals surface area contributed by atoms with Gasteiger partial charge >= 0.3 is 0 Å². The van der Waals surface area contributed by atoms with Crippen molar-refractivity contribution in [2.45, 2.75) is 13.5 Å². The Labute approximate surface area is 148 Å². The molecule has 2 aromatic carbocycles. The van der Waals surface area contributed by atoms with E-state index in [2.05, 4.69) is 15.9 Å². The van der Waals surface area contributed by atoms with Crippen LogP contribution in [-0.4, -0.2) is 5.91 Å². The minimum atomic E-state index is -0.392. The average Bonchev–Trinajstić information content (AvgIpc) is 2.53. The molecule has 0 aliphatic rings. The molecule has 0 unspecified atom stereocenters. The Hall–Kier alpha value is -1.82. The zero-order chi connectivity index (χ0) is 16.8. The highest BCUT2D eigenvalue weighted by Gasteiger charge is 2.09. The number of amides is 1. The molecule has 0 fully saturated rings. The fourth-order valence-electron chi connectivity index (χ4n) is 1.87. The van der Waals surface area contributed by atoms with E-state index in [9.17, 15) is 4.79 Å². The van der Waals surface area contributed by atoms with E-state index in [0.717, 1.165) is 11.1 Å². The molecule has 4 nitrogen and oxygen atoms in total. The maximum Gasteiger partial charge on any atom is 0.257 e. The molecule has 2 aromatic rings. The SMILES string of the molecule is Cc1ccc(COc2c(Cl)cc(/C=C/C(=O)NN)cc2Br)cc1. The van der Waals surface area contributed by atoms with Gasteiger partial charge in [-0.25, -0.2) is 5.84 Å². The lowest BCUT2D eigenvalue weighted by molar-refractivity contribution is -0.116. The van der Waals surface area contributed by atoms with E-state index in [1.165, 1.54) is 11.6 Å². The van der Waals surface area contributed by atoms with Crippen LogP contribution in [0.25, 0.3) is 6.08 Å². The number of hydrazine groups is 1. The van der Waals surface area contributed by atoms with Crippen LogP contribution in [-0.2, 0) is 11.4 Å². The van der Waals surface area contributed by atoms with Crippen molar-refractivity contribution < 1.29 is 9.53 Å². The predicted molar refractivity (Wildman–Crippen MR) is 96.0 cm³/mol. The van der Waals surface area contributed by atoms with Crippen molar-refractivity contribution in [3.8, 4) is 5.75 Å². The van der Waals surface area contributed by atoms with Gasteiger partial charge in [-0.2, -0.15) is 0 Å². The van der Waals surface area contributed by atoms with Crippen LogP contribution < -0.4 is 16.0 Å². The summed E-state index contributed by atoms with van der Waals surface area (Å²) in [6.45, 7) is 2.46. The third kappa shape index (κ3) is 5.10. The van der Waals surface area contributed by atoms with Gasteiger partial charge in [0.2, 0.25) is 0 Å². The highest BCUT2D eigenvalue weighted by atomic mass is 79.9. The highest BCUT2D eigenvalue weighted by Crippen LogP contribution is 2.35. The molecule has 120 valence electrons. The first kappa shape index (κ1) is 17.5. The molecular formula is C17H16BrClN2O2. The first-order valence-corrected chi connectivity index (χ1v) is 8.02. The summed E-state index contributed by atoms with van der Waals surface area (Å²) >= 11 is 9.70. The zero-order valence-corrected chi connectivity index (χ0v) is 14.8. The minimum absolute atomic E-state index is 0.392. The van der Waals surface area contributed by atoms with Gasteiger partial charge < -0.3 is 4.74 Å². The second-order valence-corrected chi connectivity index (χ2v) is 6.19. The molecule has 0 spiro atoms. The first-order chi connectivity index (χ1) is 11.0. The molecule has 23 heavy (non-hydrogen) atoms. The van der Waals surface area contributed by atoms with Crippen LogP contribution in [0.2, 0.25) is 5.02 Å². The number of hydrogen-bond acceptors (Lipinski definition) is 3. The lowest BCUT2D eigenvalue weighted by Crippen LogP contribution is -2.27. The summed E-state index contributed by atoms with van der Waals surface area (Å²) < 4.78 is 6.51. The van der Waals surface area contributed by atoms with Crippen LogP contribution in [0.15, 0.2) is 46.9 Å². The zero-order valence-electron chi connectivity index (χ0n) is 12.5. The number of aryl methyl sites for hydroxylation is 1. The molecular weight excluding hydrogens is 380 g/mol. The molecule has 0 aliphatic carbocycles. The second-order valence-electron chi connectivity index (χ2n) is 4.93. The molecule has 0 bridgehead atoms. The van der Waals surface area contributed by atoms with Gasteiger partial charge in [0.1, 0.15) is 6.61 Å². The van der Waals surface area contributed by atoms with Crippen LogP contribution >= 0.6 is 27.5 Å². The van der Waals surface area contributed by atoms with Crippen molar-refractivity contribution >= 4 is 39.5 Å². The lowest BCUT2D eigenvalue weighted by Gasteiger charge is -2.11. The number of carbonyl (C=O) groups is 1. The Kier molecular flexibility index (Phi) is 6.21. The molecule has 0 aliphatic heterocycles. The highest BCUT2D eigenvalue weighted by molar-refractivity contribution is 9.10. The summed E-state index contributed by atoms with van der Waals surface area (Å²) in [6.07, 6.45) is 2.94. The van der Waals surface area contributed by atoms with Crippen LogP contribution in [0, 0.1) is 6.92 Å². The largest absolute Gasteiger partial charge is 0.486 e. The van der Waals surface area contributed by atoms with Crippen molar-refractivity contribution in [2.24, 2.45) is 5.84 Å². The number of halogens is 2. The number of nitrogens with two attached hydrogens (primary N) is 1. The third-order valence-corrected chi connectivity index (χ3v) is 3.96. The number of ether oxygens (including phenoxy) is 1. The third-order valence-electron chi connectivity index (χ3n) is 3.09. The standard InChI is InChI=1S/C17H16BrClN2O2/c1-11-2-4-12(5-3-11)10-23-17-14(18)8-13(9-15(17)19)6-7-16(22)21-20/h2-9H,10,20H2,1H3,(H,21,22)/b7-6+. The van der Waals surface area contributed by atoms with Gasteiger partial charge in [0, 0.05) is 6.08 Å². The molecule has 3 N–H and O–H groups in total. The van der Waals surface area contributed by atoms with Gasteiger partial charge in [0.15, 0.2) is 5.75 Å². The Morgan fingerprint density at radius 3 is 2.65 bits per heavy atom. The molecule has 0 heterocycles. The Bertz CT molecular complexity index is 707. The normalized spacial score (nSPS) is 10.8. The number of nitrogens with one attached hydrogen (secondary N) is 1. The van der Waals surface area contributed by atoms with Crippen LogP contribution in [0.3, 0.4) is 0 Å². The monoisotopic (exact) mass is 394 g/mol. The van der Waals surface area contributed by atoms with Crippen molar-refractivity contribution in [3.05, 3.63) is 68.7 Å². The molecule has 0 saturated carbocycles. The Balaban J connectivity index is 2.12. The number of carbonyl (C=O) groups excluding carboxylic acids is 1. The van der Waals surface area contributed by atoms with Gasteiger partial charge in [-0.1, -0.05) is 41.4 Å². The summed E-state index contributed by atoms with van der Waals surface area (Å²) in [4.78, 5) is 11.1. The minimum Gasteiger partial charge on any atom is -0.486 e. The van der Waals surface area contributed by atoms with Crippen molar-refractivity contribution in [2.75, 3.05) is 0 Å². The Morgan fingerprint density at radius 1 is 1.35 bits per heavy atom. The van der Waals surface area contributed by atoms with Crippen molar-refractivity contribution in [1.82, 2.24) is 5.43 Å². The molecule has 2 rings (SSSR count). The quantitative estimate of drug-likeness (QED) is 0.348. The molecule has 0 saturated heterocycles. The first-order valence-electron chi connectivity index (χ1n) is 6.85. The lowest BCUT2D eigenvalue weighted by atomic mass is 10.1. The van der Waals surface area contributed by atoms with Gasteiger partial charge in [-0.15, -0.1) is 0 Å².